The van der Waals surface area contributed by atoms with Gasteiger partial charge in [0.1, 0.15) is 0 Å². The van der Waals surface area contributed by atoms with Crippen molar-refractivity contribution in [3.63, 3.8) is 0 Å². The van der Waals surface area contributed by atoms with E-state index in [-0.39, 0.29) is 0 Å². The van der Waals surface area contributed by atoms with Crippen molar-refractivity contribution in [2.75, 3.05) is 18.5 Å². The third kappa shape index (κ3) is 7.35. The van der Waals surface area contributed by atoms with Crippen molar-refractivity contribution >= 4 is 12.8 Å². The summed E-state index contributed by atoms with van der Waals surface area (Å²) in [6, 6.07) is 11.0. The van der Waals surface area contributed by atoms with Crippen LogP contribution in [-0.2, 0) is 0 Å². The summed E-state index contributed by atoms with van der Waals surface area (Å²) in [5, 5.41) is 0. The van der Waals surface area contributed by atoms with Gasteiger partial charge in [-0.2, -0.15) is 0 Å². The minimum atomic E-state index is -1.01. The zero-order valence-electron chi connectivity index (χ0n) is 16.3. The summed E-state index contributed by atoms with van der Waals surface area (Å²) >= 11 is 0. The van der Waals surface area contributed by atoms with E-state index >= 15 is 0 Å². The standard InChI is InChI=1S/C23H38P/c1-5-9-18-24(19-10-6-2,20-11-7-3)21-23(15-8-4)22-16-13-12-14-17-22/h8,12-14,16-17,21H,4-7,9-11,15,18-20H2,1-3H3/q+1/b23-21+. The van der Waals surface area contributed by atoms with E-state index in [0.717, 1.165) is 6.42 Å². The van der Waals surface area contributed by atoms with Crippen LogP contribution in [0.3, 0.4) is 0 Å². The summed E-state index contributed by atoms with van der Waals surface area (Å²) < 4.78 is 0. The molecule has 0 aliphatic rings. The molecule has 0 N–H and O–H groups in total. The van der Waals surface area contributed by atoms with Gasteiger partial charge in [-0.25, -0.2) is 0 Å². The number of hydrogen-bond donors (Lipinski definition) is 0. The molecule has 0 atom stereocenters. The molecule has 1 heteroatoms. The van der Waals surface area contributed by atoms with E-state index in [2.05, 4.69) is 69.6 Å². The van der Waals surface area contributed by atoms with Gasteiger partial charge in [-0.05, 0) is 36.8 Å². The highest BCUT2D eigenvalue weighted by molar-refractivity contribution is 7.79. The van der Waals surface area contributed by atoms with E-state index < -0.39 is 7.26 Å². The van der Waals surface area contributed by atoms with Crippen LogP contribution in [0, 0.1) is 0 Å². The second-order valence-electron chi connectivity index (χ2n) is 6.96. The molecule has 0 nitrogen and oxygen atoms in total. The van der Waals surface area contributed by atoms with Gasteiger partial charge in [0.15, 0.2) is 0 Å². The van der Waals surface area contributed by atoms with Gasteiger partial charge in [0, 0.05) is 7.26 Å². The van der Waals surface area contributed by atoms with Crippen molar-refractivity contribution in [1.29, 1.82) is 0 Å². The Morgan fingerprint density at radius 3 is 1.79 bits per heavy atom. The minimum absolute atomic E-state index is 0.996. The summed E-state index contributed by atoms with van der Waals surface area (Å²) in [4.78, 5) is 0. The maximum absolute atomic E-state index is 4.01. The van der Waals surface area contributed by atoms with Gasteiger partial charge >= 0.3 is 0 Å². The van der Waals surface area contributed by atoms with Gasteiger partial charge in [0.25, 0.3) is 0 Å². The molecule has 0 saturated heterocycles. The van der Waals surface area contributed by atoms with Crippen LogP contribution in [0.15, 0.2) is 48.8 Å². The van der Waals surface area contributed by atoms with Gasteiger partial charge < -0.3 is 0 Å². The molecular formula is C23H38P+. The molecule has 0 fully saturated rings. The van der Waals surface area contributed by atoms with E-state index in [4.69, 9.17) is 0 Å². The van der Waals surface area contributed by atoms with E-state index in [9.17, 15) is 0 Å². The van der Waals surface area contributed by atoms with E-state index in [1.807, 2.05) is 0 Å². The molecule has 0 spiro atoms. The largest absolute Gasteiger partial charge is 0.103 e. The molecule has 1 rings (SSSR count). The smallest absolute Gasteiger partial charge is 0.0635 e. The van der Waals surface area contributed by atoms with E-state index in [1.165, 1.54) is 68.1 Å². The SMILES string of the molecule is C=CC/C(=C\[P+](CCCC)(CCCC)CCCC)c1ccccc1. The maximum atomic E-state index is 4.01. The Balaban J connectivity index is 3.20. The molecule has 0 aliphatic heterocycles. The first kappa shape index (κ1) is 21.2. The fraction of sp³-hybridized carbons (Fsp3) is 0.565. The normalized spacial score (nSPS) is 12.4. The van der Waals surface area contributed by atoms with Crippen molar-refractivity contribution in [2.24, 2.45) is 0 Å². The lowest BCUT2D eigenvalue weighted by atomic mass is 10.1. The number of rotatable bonds is 13. The molecule has 0 bridgehead atoms. The average Bonchev–Trinajstić information content (AvgIpc) is 2.63. The van der Waals surface area contributed by atoms with Crippen LogP contribution < -0.4 is 0 Å². The van der Waals surface area contributed by atoms with Gasteiger partial charge in [0.2, 0.25) is 0 Å². The van der Waals surface area contributed by atoms with Gasteiger partial charge in [-0.15, -0.1) is 6.58 Å². The van der Waals surface area contributed by atoms with Crippen LogP contribution >= 0.6 is 7.26 Å². The van der Waals surface area contributed by atoms with E-state index in [0.29, 0.717) is 0 Å². The molecule has 134 valence electrons. The van der Waals surface area contributed by atoms with Crippen LogP contribution in [-0.4, -0.2) is 18.5 Å². The Bertz CT molecular complexity index is 450. The quantitative estimate of drug-likeness (QED) is 0.251. The molecule has 1 aromatic carbocycles. The zero-order chi connectivity index (χ0) is 17.7. The monoisotopic (exact) mass is 345 g/mol. The molecular weight excluding hydrogens is 307 g/mol. The number of benzene rings is 1. The van der Waals surface area contributed by atoms with Crippen molar-refractivity contribution in [3.05, 3.63) is 54.4 Å². The average molecular weight is 346 g/mol. The second-order valence-corrected chi connectivity index (χ2v) is 11.0. The Kier molecular flexibility index (Phi) is 11.0. The fourth-order valence-corrected chi connectivity index (χ4v) is 8.14. The highest BCUT2D eigenvalue weighted by atomic mass is 31.2. The first-order valence-electron chi connectivity index (χ1n) is 9.95. The highest BCUT2D eigenvalue weighted by Crippen LogP contribution is 2.63. The molecule has 0 heterocycles. The van der Waals surface area contributed by atoms with Gasteiger partial charge in [-0.3, -0.25) is 0 Å². The minimum Gasteiger partial charge on any atom is -0.103 e. The highest BCUT2D eigenvalue weighted by Gasteiger charge is 2.34. The lowest BCUT2D eigenvalue weighted by Gasteiger charge is -2.25. The summed E-state index contributed by atoms with van der Waals surface area (Å²) in [5.74, 6) is 2.75. The Hall–Kier alpha value is -0.870. The predicted molar refractivity (Wildman–Crippen MR) is 115 cm³/mol. The summed E-state index contributed by atoms with van der Waals surface area (Å²) in [6.07, 6.45) is 15.5. The number of hydrogen-bond acceptors (Lipinski definition) is 0. The Morgan fingerprint density at radius 2 is 1.38 bits per heavy atom. The fourth-order valence-electron chi connectivity index (χ4n) is 3.33. The lowest BCUT2D eigenvalue weighted by Crippen LogP contribution is -2.07. The summed E-state index contributed by atoms with van der Waals surface area (Å²) in [5.41, 5.74) is 2.91. The number of allylic oxidation sites excluding steroid dienone is 2. The van der Waals surface area contributed by atoms with Crippen molar-refractivity contribution < 1.29 is 0 Å². The Morgan fingerprint density at radius 1 is 0.875 bits per heavy atom. The van der Waals surface area contributed by atoms with Crippen LogP contribution in [0.2, 0.25) is 0 Å². The van der Waals surface area contributed by atoms with Crippen molar-refractivity contribution in [3.8, 4) is 0 Å². The summed E-state index contributed by atoms with van der Waals surface area (Å²) in [7, 11) is -1.01. The number of unbranched alkanes of at least 4 members (excludes halogenated alkanes) is 3. The maximum Gasteiger partial charge on any atom is 0.0635 e. The first-order valence-corrected chi connectivity index (χ1v) is 12.4. The van der Waals surface area contributed by atoms with Crippen LogP contribution in [0.4, 0.5) is 0 Å². The lowest BCUT2D eigenvalue weighted by molar-refractivity contribution is 0.840. The molecule has 0 radical (unpaired) electrons. The van der Waals surface area contributed by atoms with Crippen LogP contribution in [0.1, 0.15) is 71.3 Å². The van der Waals surface area contributed by atoms with Crippen molar-refractivity contribution in [2.45, 2.75) is 65.7 Å². The third-order valence-corrected chi connectivity index (χ3v) is 9.29. The summed E-state index contributed by atoms with van der Waals surface area (Å²) in [6.45, 7) is 11.0. The first-order chi connectivity index (χ1) is 11.7. The van der Waals surface area contributed by atoms with Gasteiger partial charge in [0.05, 0.1) is 24.3 Å². The third-order valence-electron chi connectivity index (χ3n) is 4.81. The second kappa shape index (κ2) is 12.5. The molecule has 0 aliphatic carbocycles. The molecule has 0 amide bonds. The molecule has 0 saturated carbocycles. The Labute approximate surface area is 151 Å². The molecule has 0 aromatic heterocycles. The topological polar surface area (TPSA) is 0 Å². The zero-order valence-corrected chi connectivity index (χ0v) is 17.2. The van der Waals surface area contributed by atoms with Crippen molar-refractivity contribution in [1.82, 2.24) is 0 Å². The predicted octanol–water partition coefficient (Wildman–Crippen LogP) is 8.02. The van der Waals surface area contributed by atoms with Gasteiger partial charge in [-0.1, -0.05) is 76.4 Å². The molecule has 24 heavy (non-hydrogen) atoms. The molecule has 1 aromatic rings. The van der Waals surface area contributed by atoms with E-state index in [1.54, 1.807) is 0 Å². The molecule has 0 unspecified atom stereocenters. The van der Waals surface area contributed by atoms with Crippen LogP contribution in [0.25, 0.3) is 5.57 Å². The van der Waals surface area contributed by atoms with Crippen LogP contribution in [0.5, 0.6) is 0 Å².